The molecule has 0 fully saturated rings. The summed E-state index contributed by atoms with van der Waals surface area (Å²) in [6.07, 6.45) is 0. The Morgan fingerprint density at radius 2 is 2.12 bits per heavy atom. The van der Waals surface area contributed by atoms with E-state index in [4.69, 9.17) is 9.68 Å². The first-order valence-electron chi connectivity index (χ1n) is 4.56. The maximum Gasteiger partial charge on any atom is 0.281 e. The minimum Gasteiger partial charge on any atom is -0.445 e. The van der Waals surface area contributed by atoms with Crippen LogP contribution in [0.2, 0.25) is 0 Å². The molecule has 0 radical (unpaired) electrons. The molecule has 0 N–H and O–H groups in total. The van der Waals surface area contributed by atoms with Crippen molar-refractivity contribution in [2.24, 2.45) is 0 Å². The Bertz CT molecular complexity index is 628. The van der Waals surface area contributed by atoms with Crippen molar-refractivity contribution in [1.29, 1.82) is 5.26 Å². The molecule has 1 aromatic carbocycles. The molecule has 0 atom stereocenters. The fourth-order valence-electron chi connectivity index (χ4n) is 1.41. The number of furan rings is 1. The van der Waals surface area contributed by atoms with Crippen LogP contribution in [0.4, 0.5) is 5.69 Å². The quantitative estimate of drug-likeness (QED) is 0.627. The zero-order valence-electron chi connectivity index (χ0n) is 8.38. The Labute approximate surface area is 105 Å². The van der Waals surface area contributed by atoms with Crippen molar-refractivity contribution in [2.75, 3.05) is 0 Å². The minimum absolute atomic E-state index is 0.0711. The molecule has 0 saturated heterocycles. The van der Waals surface area contributed by atoms with Crippen LogP contribution in [0.5, 0.6) is 0 Å². The Morgan fingerprint density at radius 3 is 2.71 bits per heavy atom. The molecule has 0 saturated carbocycles. The van der Waals surface area contributed by atoms with Crippen molar-refractivity contribution < 1.29 is 9.34 Å². The lowest BCUT2D eigenvalue weighted by Gasteiger charge is -1.99. The second kappa shape index (κ2) is 4.39. The fourth-order valence-corrected chi connectivity index (χ4v) is 1.76. The highest BCUT2D eigenvalue weighted by molar-refractivity contribution is 9.10. The van der Waals surface area contributed by atoms with Gasteiger partial charge in [0.25, 0.3) is 5.69 Å². The summed E-state index contributed by atoms with van der Waals surface area (Å²) in [5.74, 6) is 0.429. The van der Waals surface area contributed by atoms with Gasteiger partial charge in [-0.25, -0.2) is 0 Å². The van der Waals surface area contributed by atoms with Gasteiger partial charge in [-0.05, 0) is 24.3 Å². The van der Waals surface area contributed by atoms with Gasteiger partial charge in [0.1, 0.15) is 11.8 Å². The number of hydrogen-bond donors (Lipinski definition) is 0. The molecular formula is C11H5BrN2O3. The Morgan fingerprint density at radius 1 is 1.35 bits per heavy atom. The molecule has 0 aliphatic carbocycles. The van der Waals surface area contributed by atoms with Gasteiger partial charge in [0.15, 0.2) is 0 Å². The van der Waals surface area contributed by atoms with Crippen LogP contribution in [-0.4, -0.2) is 4.92 Å². The minimum atomic E-state index is -0.491. The number of nitrogens with zero attached hydrogens (tertiary/aromatic N) is 2. The first-order valence-corrected chi connectivity index (χ1v) is 5.35. The summed E-state index contributed by atoms with van der Waals surface area (Å²) in [6.45, 7) is 0. The predicted molar refractivity (Wildman–Crippen MR) is 63.2 cm³/mol. The van der Waals surface area contributed by atoms with E-state index in [0.717, 1.165) is 0 Å². The molecular weight excluding hydrogens is 288 g/mol. The van der Waals surface area contributed by atoms with Gasteiger partial charge < -0.3 is 4.42 Å². The van der Waals surface area contributed by atoms with E-state index in [1.165, 1.54) is 18.2 Å². The van der Waals surface area contributed by atoms with Crippen molar-refractivity contribution >= 4 is 21.6 Å². The summed E-state index contributed by atoms with van der Waals surface area (Å²) in [4.78, 5) is 10.4. The van der Waals surface area contributed by atoms with Gasteiger partial charge in [0.2, 0.25) is 5.76 Å². The summed E-state index contributed by atoms with van der Waals surface area (Å²) in [5.41, 5.74) is 0.276. The molecule has 0 amide bonds. The standard InChI is InChI=1S/C11H5BrN2O3/c12-7-1-3-9(10(5-7)14(15)16)11-4-2-8(6-13)17-11/h1-5H. The second-order valence-corrected chi connectivity index (χ2v) is 4.11. The zero-order valence-corrected chi connectivity index (χ0v) is 9.97. The molecule has 0 aliphatic heterocycles. The summed E-state index contributed by atoms with van der Waals surface area (Å²) in [6, 6.07) is 9.48. The number of nitriles is 1. The maximum atomic E-state index is 10.9. The summed E-state index contributed by atoms with van der Waals surface area (Å²) in [7, 11) is 0. The van der Waals surface area contributed by atoms with Crippen LogP contribution in [-0.2, 0) is 0 Å². The van der Waals surface area contributed by atoms with Gasteiger partial charge in [-0.1, -0.05) is 15.9 Å². The highest BCUT2D eigenvalue weighted by Gasteiger charge is 2.18. The number of nitro groups is 1. The zero-order chi connectivity index (χ0) is 12.4. The van der Waals surface area contributed by atoms with Gasteiger partial charge in [0, 0.05) is 10.5 Å². The van der Waals surface area contributed by atoms with E-state index in [-0.39, 0.29) is 11.4 Å². The van der Waals surface area contributed by atoms with Crippen LogP contribution in [0.25, 0.3) is 11.3 Å². The van der Waals surface area contributed by atoms with Crippen molar-refractivity contribution in [3.63, 3.8) is 0 Å². The number of nitro benzene ring substituents is 1. The number of benzene rings is 1. The van der Waals surface area contributed by atoms with E-state index in [1.54, 1.807) is 12.1 Å². The Kier molecular flexibility index (Phi) is 2.93. The van der Waals surface area contributed by atoms with Gasteiger partial charge in [-0.15, -0.1) is 0 Å². The summed E-state index contributed by atoms with van der Waals surface area (Å²) >= 11 is 3.17. The molecule has 2 aromatic rings. The normalized spacial score (nSPS) is 9.88. The molecule has 0 bridgehead atoms. The fraction of sp³-hybridized carbons (Fsp3) is 0. The lowest BCUT2D eigenvalue weighted by molar-refractivity contribution is -0.384. The molecule has 6 heteroatoms. The van der Waals surface area contributed by atoms with Gasteiger partial charge in [0.05, 0.1) is 10.5 Å². The van der Waals surface area contributed by atoms with Crippen LogP contribution in [0.15, 0.2) is 39.2 Å². The van der Waals surface area contributed by atoms with Crippen molar-refractivity contribution in [2.45, 2.75) is 0 Å². The lowest BCUT2D eigenvalue weighted by Crippen LogP contribution is -1.91. The Balaban J connectivity index is 2.59. The first-order chi connectivity index (χ1) is 8.11. The van der Waals surface area contributed by atoms with Gasteiger partial charge >= 0.3 is 0 Å². The molecule has 0 spiro atoms. The average Bonchev–Trinajstić information content (AvgIpc) is 2.77. The van der Waals surface area contributed by atoms with E-state index < -0.39 is 4.92 Å². The molecule has 5 nitrogen and oxygen atoms in total. The second-order valence-electron chi connectivity index (χ2n) is 3.19. The molecule has 1 aromatic heterocycles. The van der Waals surface area contributed by atoms with E-state index in [9.17, 15) is 10.1 Å². The highest BCUT2D eigenvalue weighted by atomic mass is 79.9. The maximum absolute atomic E-state index is 10.9. The monoisotopic (exact) mass is 292 g/mol. The SMILES string of the molecule is N#Cc1ccc(-c2ccc(Br)cc2[N+](=O)[O-])o1. The van der Waals surface area contributed by atoms with Crippen molar-refractivity contribution in [3.8, 4) is 17.4 Å². The third kappa shape index (κ3) is 2.19. The van der Waals surface area contributed by atoms with Crippen molar-refractivity contribution in [1.82, 2.24) is 0 Å². The molecule has 0 aliphatic rings. The highest BCUT2D eigenvalue weighted by Crippen LogP contribution is 2.33. The van der Waals surface area contributed by atoms with E-state index in [0.29, 0.717) is 15.8 Å². The van der Waals surface area contributed by atoms with Crippen LogP contribution in [0, 0.1) is 21.4 Å². The number of hydrogen-bond acceptors (Lipinski definition) is 4. The van der Waals surface area contributed by atoms with E-state index in [1.807, 2.05) is 6.07 Å². The van der Waals surface area contributed by atoms with E-state index >= 15 is 0 Å². The van der Waals surface area contributed by atoms with Gasteiger partial charge in [-0.3, -0.25) is 10.1 Å². The smallest absolute Gasteiger partial charge is 0.281 e. The third-order valence-corrected chi connectivity index (χ3v) is 2.63. The van der Waals surface area contributed by atoms with E-state index in [2.05, 4.69) is 15.9 Å². The topological polar surface area (TPSA) is 80.1 Å². The van der Waals surface area contributed by atoms with Crippen molar-refractivity contribution in [3.05, 3.63) is 50.7 Å². The lowest BCUT2D eigenvalue weighted by atomic mass is 10.1. The predicted octanol–water partition coefficient (Wildman–Crippen LogP) is 3.49. The van der Waals surface area contributed by atoms with Crippen LogP contribution < -0.4 is 0 Å². The average molecular weight is 293 g/mol. The molecule has 17 heavy (non-hydrogen) atoms. The number of rotatable bonds is 2. The molecule has 84 valence electrons. The van der Waals surface area contributed by atoms with Crippen LogP contribution in [0.1, 0.15) is 5.76 Å². The number of halogens is 1. The van der Waals surface area contributed by atoms with Gasteiger partial charge in [-0.2, -0.15) is 5.26 Å². The largest absolute Gasteiger partial charge is 0.445 e. The molecule has 2 rings (SSSR count). The third-order valence-electron chi connectivity index (χ3n) is 2.14. The summed E-state index contributed by atoms with van der Waals surface area (Å²) < 4.78 is 5.78. The van der Waals surface area contributed by atoms with Crippen LogP contribution in [0.3, 0.4) is 0 Å². The molecule has 0 unspecified atom stereocenters. The first kappa shape index (κ1) is 11.4. The summed E-state index contributed by atoms with van der Waals surface area (Å²) in [5, 5.41) is 19.5. The Hall–Kier alpha value is -2.13. The molecule has 1 heterocycles. The van der Waals surface area contributed by atoms with Crippen LogP contribution >= 0.6 is 15.9 Å².